The van der Waals surface area contributed by atoms with Crippen molar-refractivity contribution >= 4 is 35.5 Å². The van der Waals surface area contributed by atoms with Crippen molar-refractivity contribution in [3.05, 3.63) is 71.4 Å². The van der Waals surface area contributed by atoms with Gasteiger partial charge in [-0.15, -0.1) is 0 Å². The smallest absolute Gasteiger partial charge is 0.330 e. The maximum absolute atomic E-state index is 14.4. The number of carboxylic acid groups (broad SMARTS) is 1. The summed E-state index contributed by atoms with van der Waals surface area (Å²) in [6.45, 7) is 6.64. The third-order valence-corrected chi connectivity index (χ3v) is 14.1. The SMILES string of the molecule is COc1cccc(OC)c1-c1cc(C(=O)NC2(C(=O)O)C3CC4CC(C3)CC2C4)nn1-c1ccc(C(=O)N(C)CCCN(C)CCCN(C)C(=O)CCN2C(=O)C=CC2=O)cc1C(C)C. The van der Waals surface area contributed by atoms with Crippen LogP contribution in [0.3, 0.4) is 0 Å². The fourth-order valence-corrected chi connectivity index (χ4v) is 10.9. The van der Waals surface area contributed by atoms with Gasteiger partial charge in [-0.25, -0.2) is 9.48 Å². The summed E-state index contributed by atoms with van der Waals surface area (Å²) < 4.78 is 13.3. The number of benzene rings is 2. The lowest BCUT2D eigenvalue weighted by Gasteiger charge is -2.59. The molecule has 2 N–H and O–H groups in total. The molecule has 0 saturated heterocycles. The fraction of sp³-hybridized carbons (Fsp3) is 0.531. The maximum atomic E-state index is 14.4. The molecule has 4 saturated carbocycles. The molecule has 16 heteroatoms. The molecule has 4 fully saturated rings. The van der Waals surface area contributed by atoms with Gasteiger partial charge in [-0.3, -0.25) is 28.9 Å². The number of nitrogens with one attached hydrogen (secondary N) is 1. The van der Waals surface area contributed by atoms with Crippen molar-refractivity contribution in [1.82, 2.24) is 34.7 Å². The highest BCUT2D eigenvalue weighted by molar-refractivity contribution is 6.13. The van der Waals surface area contributed by atoms with Crippen molar-refractivity contribution in [3.63, 3.8) is 0 Å². The molecule has 16 nitrogen and oxygen atoms in total. The molecule has 3 aromatic rings. The Hall–Kier alpha value is -6.03. The van der Waals surface area contributed by atoms with E-state index in [0.29, 0.717) is 58.9 Å². The molecule has 5 aliphatic rings. The summed E-state index contributed by atoms with van der Waals surface area (Å²) in [5.41, 5.74) is 1.74. The minimum atomic E-state index is -1.36. The Bertz CT molecular complexity index is 2290. The number of rotatable bonds is 20. The van der Waals surface area contributed by atoms with Gasteiger partial charge in [0.25, 0.3) is 23.6 Å². The van der Waals surface area contributed by atoms with Crippen molar-refractivity contribution in [2.75, 3.05) is 68.1 Å². The molecule has 0 unspecified atom stereocenters. The highest BCUT2D eigenvalue weighted by Crippen LogP contribution is 2.58. The first-order chi connectivity index (χ1) is 31.1. The largest absolute Gasteiger partial charge is 0.496 e. The van der Waals surface area contributed by atoms with Crippen LogP contribution in [0.1, 0.15) is 97.5 Å². The normalized spacial score (nSPS) is 22.0. The molecule has 65 heavy (non-hydrogen) atoms. The molecular weight excluding hydrogens is 831 g/mol. The molecule has 348 valence electrons. The van der Waals surface area contributed by atoms with Gasteiger partial charge in [-0.1, -0.05) is 19.9 Å². The predicted octanol–water partition coefficient (Wildman–Crippen LogP) is 5.25. The van der Waals surface area contributed by atoms with Gasteiger partial charge in [0.05, 0.1) is 31.2 Å². The second-order valence-electron chi connectivity index (χ2n) is 18.7. The van der Waals surface area contributed by atoms with Gasteiger partial charge >= 0.3 is 5.97 Å². The van der Waals surface area contributed by atoms with E-state index >= 15 is 0 Å². The zero-order valence-electron chi connectivity index (χ0n) is 38.7. The van der Waals surface area contributed by atoms with E-state index in [1.807, 2.05) is 39.1 Å². The predicted molar refractivity (Wildman–Crippen MR) is 243 cm³/mol. The average molecular weight is 894 g/mol. The Labute approximate surface area is 380 Å². The lowest BCUT2D eigenvalue weighted by atomic mass is 9.48. The van der Waals surface area contributed by atoms with E-state index < -0.39 is 29.2 Å². The van der Waals surface area contributed by atoms with Crippen molar-refractivity contribution in [2.45, 2.75) is 76.7 Å². The van der Waals surface area contributed by atoms with Crippen LogP contribution in [-0.2, 0) is 19.2 Å². The number of hydrogen-bond acceptors (Lipinski definition) is 10. The van der Waals surface area contributed by atoms with E-state index in [-0.39, 0.29) is 48.2 Å². The van der Waals surface area contributed by atoms with E-state index in [9.17, 15) is 33.9 Å². The molecular formula is C49H63N7O9. The van der Waals surface area contributed by atoms with E-state index in [4.69, 9.17) is 14.6 Å². The third kappa shape index (κ3) is 9.54. The monoisotopic (exact) mass is 893 g/mol. The quantitative estimate of drug-likeness (QED) is 0.141. The average Bonchev–Trinajstić information content (AvgIpc) is 3.87. The molecule has 2 aromatic carbocycles. The van der Waals surface area contributed by atoms with Gasteiger partial charge in [0, 0.05) is 57.9 Å². The van der Waals surface area contributed by atoms with Crippen LogP contribution in [0.2, 0.25) is 0 Å². The molecule has 4 aliphatic carbocycles. The molecule has 4 bridgehead atoms. The standard InChI is InChI=1S/C49H63N7O9/c1-30(2)36-28-33(47(61)54(5)21-10-19-52(3)18-9-20-53(4)42(57)17-22-55-43(58)15-16-44(55)59)13-14-38(36)56-39(45-40(64-6)11-8-12-41(45)65-7)29-37(51-56)46(60)50-49(48(62)63)34-24-31-23-32(26-34)27-35(49)25-31/h8,11-16,28-32,34-35H,9-10,17-27H2,1-7H3,(H,50,60)(H,62,63). The molecule has 0 spiro atoms. The van der Waals surface area contributed by atoms with Crippen LogP contribution in [0.25, 0.3) is 16.9 Å². The molecule has 0 radical (unpaired) electrons. The van der Waals surface area contributed by atoms with Crippen LogP contribution in [0.5, 0.6) is 11.5 Å². The highest BCUT2D eigenvalue weighted by Gasteiger charge is 2.62. The Balaban J connectivity index is 1.04. The van der Waals surface area contributed by atoms with E-state index in [1.165, 1.54) is 12.2 Å². The Morgan fingerprint density at radius 3 is 1.97 bits per heavy atom. The second-order valence-corrected chi connectivity index (χ2v) is 18.7. The lowest BCUT2D eigenvalue weighted by molar-refractivity contribution is -0.163. The van der Waals surface area contributed by atoms with Gasteiger partial charge in [0.2, 0.25) is 5.91 Å². The van der Waals surface area contributed by atoms with Gasteiger partial charge in [0.1, 0.15) is 17.0 Å². The van der Waals surface area contributed by atoms with Crippen molar-refractivity contribution in [1.29, 1.82) is 0 Å². The summed E-state index contributed by atoms with van der Waals surface area (Å²) in [6, 6.07) is 12.6. The molecule has 0 atom stereocenters. The first-order valence-corrected chi connectivity index (χ1v) is 22.8. The number of carboxylic acids is 1. The minimum Gasteiger partial charge on any atom is -0.496 e. The summed E-state index contributed by atoms with van der Waals surface area (Å²) in [4.78, 5) is 84.3. The number of hydrogen-bond donors (Lipinski definition) is 2. The van der Waals surface area contributed by atoms with E-state index in [0.717, 1.165) is 68.5 Å². The van der Waals surface area contributed by atoms with Crippen LogP contribution in [0.15, 0.2) is 54.6 Å². The number of methoxy groups -OCH3 is 2. The number of carbonyl (C=O) groups is 6. The van der Waals surface area contributed by atoms with Gasteiger partial charge < -0.3 is 34.6 Å². The van der Waals surface area contributed by atoms with E-state index in [1.54, 1.807) is 67.1 Å². The number of aliphatic carboxylic acids is 1. The van der Waals surface area contributed by atoms with Gasteiger partial charge in [0.15, 0.2) is 5.69 Å². The zero-order valence-corrected chi connectivity index (χ0v) is 38.7. The third-order valence-electron chi connectivity index (χ3n) is 14.1. The van der Waals surface area contributed by atoms with Crippen molar-refractivity contribution in [2.24, 2.45) is 23.7 Å². The highest BCUT2D eigenvalue weighted by atomic mass is 16.5. The minimum absolute atomic E-state index is 0.0609. The van der Waals surface area contributed by atoms with Crippen molar-refractivity contribution in [3.8, 4) is 28.4 Å². The number of ether oxygens (including phenoxy) is 2. The summed E-state index contributed by atoms with van der Waals surface area (Å²) in [5, 5.41) is 18.8. The van der Waals surface area contributed by atoms with E-state index in [2.05, 4.69) is 10.2 Å². The number of carbonyl (C=O) groups excluding carboxylic acids is 5. The summed E-state index contributed by atoms with van der Waals surface area (Å²) in [5.74, 6) is -0.945. The number of aromatic nitrogens is 2. The molecule has 5 amide bonds. The Morgan fingerprint density at radius 2 is 1.42 bits per heavy atom. The topological polar surface area (TPSA) is 184 Å². The fourth-order valence-electron chi connectivity index (χ4n) is 10.9. The molecule has 1 aromatic heterocycles. The number of nitrogens with zero attached hydrogens (tertiary/aromatic N) is 6. The summed E-state index contributed by atoms with van der Waals surface area (Å²) >= 11 is 0. The summed E-state index contributed by atoms with van der Waals surface area (Å²) in [6.07, 6.45) is 8.30. The summed E-state index contributed by atoms with van der Waals surface area (Å²) in [7, 11) is 8.61. The zero-order chi connectivity index (χ0) is 46.7. The van der Waals surface area contributed by atoms with Gasteiger partial charge in [-0.05, 0) is 137 Å². The molecule has 8 rings (SSSR count). The molecule has 2 heterocycles. The van der Waals surface area contributed by atoms with Crippen LogP contribution in [-0.4, -0.2) is 144 Å². The number of imide groups is 1. The van der Waals surface area contributed by atoms with Crippen LogP contribution < -0.4 is 14.8 Å². The first-order valence-electron chi connectivity index (χ1n) is 22.8. The van der Waals surface area contributed by atoms with Crippen LogP contribution in [0.4, 0.5) is 0 Å². The Morgan fingerprint density at radius 1 is 0.831 bits per heavy atom. The van der Waals surface area contributed by atoms with Crippen LogP contribution in [0, 0.1) is 23.7 Å². The number of amides is 5. The maximum Gasteiger partial charge on any atom is 0.330 e. The Kier molecular flexibility index (Phi) is 14.2. The van der Waals surface area contributed by atoms with Crippen molar-refractivity contribution < 1.29 is 43.3 Å². The van der Waals surface area contributed by atoms with Gasteiger partial charge in [-0.2, -0.15) is 5.10 Å². The van der Waals surface area contributed by atoms with Crippen LogP contribution >= 0.6 is 0 Å². The first kappa shape index (κ1) is 46.9. The second kappa shape index (κ2) is 19.6. The lowest BCUT2D eigenvalue weighted by Crippen LogP contribution is -2.70. The molecule has 1 aliphatic heterocycles.